The Morgan fingerprint density at radius 1 is 1.03 bits per heavy atom. The summed E-state index contributed by atoms with van der Waals surface area (Å²) in [6.07, 6.45) is 0.595. The van der Waals surface area contributed by atoms with Gasteiger partial charge in [0.25, 0.3) is 0 Å². The predicted molar refractivity (Wildman–Crippen MR) is 123 cm³/mol. The first-order valence-electron chi connectivity index (χ1n) is 11.1. The lowest BCUT2D eigenvalue weighted by Gasteiger charge is -2.38. The van der Waals surface area contributed by atoms with Crippen molar-refractivity contribution in [1.82, 2.24) is 25.9 Å². The molecule has 2 N–H and O–H groups in total. The van der Waals surface area contributed by atoms with E-state index in [1.54, 1.807) is 21.3 Å². The molecule has 5 rings (SSSR count). The number of methoxy groups -OCH3 is 3. The first-order valence-corrected chi connectivity index (χ1v) is 11.1. The highest BCUT2D eigenvalue weighted by atomic mass is 16.5. The van der Waals surface area contributed by atoms with Crippen LogP contribution in [0.1, 0.15) is 29.8 Å². The van der Waals surface area contributed by atoms with Gasteiger partial charge >= 0.3 is 0 Å². The average Bonchev–Trinajstić information content (AvgIpc) is 3.53. The number of aromatic nitrogens is 2. The summed E-state index contributed by atoms with van der Waals surface area (Å²) in [6, 6.07) is 13.1. The summed E-state index contributed by atoms with van der Waals surface area (Å²) < 4.78 is 21.8. The second-order valence-electron chi connectivity index (χ2n) is 8.35. The Labute approximate surface area is 197 Å². The molecule has 0 bridgehead atoms. The third-order valence-electron chi connectivity index (χ3n) is 6.31. The number of hydrogen-bond acceptors (Lipinski definition) is 9. The number of nitrogens with zero attached hydrogens (tertiary/aromatic N) is 3. The quantitative estimate of drug-likeness (QED) is 0.543. The van der Waals surface area contributed by atoms with E-state index in [4.69, 9.17) is 18.7 Å². The van der Waals surface area contributed by atoms with Crippen molar-refractivity contribution >= 4 is 5.91 Å². The molecule has 2 saturated heterocycles. The minimum Gasteiger partial charge on any atom is -0.493 e. The second kappa shape index (κ2) is 9.32. The van der Waals surface area contributed by atoms with Crippen molar-refractivity contribution in [2.24, 2.45) is 0 Å². The van der Waals surface area contributed by atoms with E-state index in [0.717, 1.165) is 11.1 Å². The lowest BCUT2D eigenvalue weighted by Crippen LogP contribution is -2.54. The molecule has 2 aliphatic rings. The number of rotatable bonds is 7. The van der Waals surface area contributed by atoms with E-state index in [2.05, 4.69) is 21.0 Å². The second-order valence-corrected chi connectivity index (χ2v) is 8.35. The maximum absolute atomic E-state index is 13.0. The van der Waals surface area contributed by atoms with E-state index >= 15 is 0 Å². The first-order chi connectivity index (χ1) is 16.6. The topological polar surface area (TPSA) is 111 Å². The van der Waals surface area contributed by atoms with Gasteiger partial charge in [-0.25, -0.2) is 10.9 Å². The number of carbonyl (C=O) groups is 1. The number of nitrogens with one attached hydrogen (secondary N) is 2. The van der Waals surface area contributed by atoms with Crippen LogP contribution in [0.2, 0.25) is 0 Å². The molecule has 2 fully saturated rings. The van der Waals surface area contributed by atoms with Crippen LogP contribution < -0.4 is 25.1 Å². The van der Waals surface area contributed by atoms with Crippen molar-refractivity contribution in [3.63, 3.8) is 0 Å². The lowest BCUT2D eigenvalue weighted by atomic mass is 9.96. The van der Waals surface area contributed by atoms with Crippen LogP contribution in [0.4, 0.5) is 0 Å². The Bertz CT molecular complexity index is 1140. The zero-order valence-corrected chi connectivity index (χ0v) is 19.3. The molecule has 3 heterocycles. The Hall–Kier alpha value is -3.63. The van der Waals surface area contributed by atoms with Crippen LogP contribution in [0.5, 0.6) is 17.2 Å². The summed E-state index contributed by atoms with van der Waals surface area (Å²) in [5.41, 5.74) is 8.20. The van der Waals surface area contributed by atoms with Gasteiger partial charge in [-0.3, -0.25) is 4.79 Å². The number of carbonyl (C=O) groups excluding carboxylic acids is 1. The Morgan fingerprint density at radius 3 is 2.38 bits per heavy atom. The van der Waals surface area contributed by atoms with Gasteiger partial charge in [-0.15, -0.1) is 0 Å². The Morgan fingerprint density at radius 2 is 1.74 bits per heavy atom. The average molecular weight is 466 g/mol. The zero-order valence-electron chi connectivity index (χ0n) is 19.3. The maximum atomic E-state index is 13.0. The molecule has 3 aromatic rings. The molecule has 1 aromatic heterocycles. The molecule has 10 nitrogen and oxygen atoms in total. The summed E-state index contributed by atoms with van der Waals surface area (Å²) in [4.78, 5) is 19.4. The minimum atomic E-state index is -0.340. The van der Waals surface area contributed by atoms with E-state index in [-0.39, 0.29) is 23.9 Å². The van der Waals surface area contributed by atoms with Gasteiger partial charge in [-0.1, -0.05) is 35.5 Å². The van der Waals surface area contributed by atoms with Crippen LogP contribution in [-0.2, 0) is 4.79 Å². The van der Waals surface area contributed by atoms with Gasteiger partial charge in [-0.2, -0.15) is 4.98 Å². The molecule has 0 radical (unpaired) electrons. The smallest absolute Gasteiger partial charge is 0.241 e. The molecule has 10 heteroatoms. The highest BCUT2D eigenvalue weighted by molar-refractivity contribution is 5.83. The SMILES string of the molecule is COc1cc(C2CC(C(=O)N3CC(c4nc(-c5ccccc5)no4)C3)NN2)cc(OC)c1OC. The highest BCUT2D eigenvalue weighted by Gasteiger charge is 2.41. The fourth-order valence-corrected chi connectivity index (χ4v) is 4.38. The van der Waals surface area contributed by atoms with E-state index in [0.29, 0.717) is 48.5 Å². The summed E-state index contributed by atoms with van der Waals surface area (Å²) in [5.74, 6) is 2.92. The van der Waals surface area contributed by atoms with Crippen molar-refractivity contribution in [2.45, 2.75) is 24.4 Å². The highest BCUT2D eigenvalue weighted by Crippen LogP contribution is 2.41. The lowest BCUT2D eigenvalue weighted by molar-refractivity contribution is -0.138. The molecule has 0 spiro atoms. The molecule has 34 heavy (non-hydrogen) atoms. The molecular weight excluding hydrogens is 438 g/mol. The van der Waals surface area contributed by atoms with Crippen LogP contribution in [0.15, 0.2) is 47.0 Å². The van der Waals surface area contributed by atoms with E-state index in [1.807, 2.05) is 47.4 Å². The normalized spacial score (nSPS) is 20.1. The van der Waals surface area contributed by atoms with Gasteiger partial charge in [0.2, 0.25) is 23.4 Å². The van der Waals surface area contributed by atoms with Crippen molar-refractivity contribution in [2.75, 3.05) is 34.4 Å². The monoisotopic (exact) mass is 465 g/mol. The molecule has 1 amide bonds. The van der Waals surface area contributed by atoms with E-state index < -0.39 is 0 Å². The molecule has 2 unspecified atom stereocenters. The summed E-state index contributed by atoms with van der Waals surface area (Å²) in [7, 11) is 4.74. The molecule has 2 aliphatic heterocycles. The minimum absolute atomic E-state index is 0.0430. The van der Waals surface area contributed by atoms with E-state index in [1.165, 1.54) is 0 Å². The van der Waals surface area contributed by atoms with Crippen LogP contribution in [0, 0.1) is 0 Å². The molecular formula is C24H27N5O5. The van der Waals surface area contributed by atoms with Gasteiger partial charge in [0.1, 0.15) is 6.04 Å². The van der Waals surface area contributed by atoms with Crippen molar-refractivity contribution in [3.05, 3.63) is 53.9 Å². The van der Waals surface area contributed by atoms with Crippen LogP contribution in [-0.4, -0.2) is 61.4 Å². The number of hydrazine groups is 1. The predicted octanol–water partition coefficient (Wildman–Crippen LogP) is 2.30. The maximum Gasteiger partial charge on any atom is 0.241 e. The summed E-state index contributed by atoms with van der Waals surface area (Å²) in [6.45, 7) is 1.12. The fourth-order valence-electron chi connectivity index (χ4n) is 4.38. The molecule has 2 aromatic carbocycles. The van der Waals surface area contributed by atoms with Crippen molar-refractivity contribution < 1.29 is 23.5 Å². The third-order valence-corrected chi connectivity index (χ3v) is 6.31. The number of amides is 1. The van der Waals surface area contributed by atoms with Gasteiger partial charge in [-0.05, 0) is 24.1 Å². The van der Waals surface area contributed by atoms with Gasteiger partial charge in [0.15, 0.2) is 11.5 Å². The number of likely N-dealkylation sites (tertiary alicyclic amines) is 1. The van der Waals surface area contributed by atoms with Crippen molar-refractivity contribution in [1.29, 1.82) is 0 Å². The van der Waals surface area contributed by atoms with Gasteiger partial charge in [0.05, 0.1) is 27.2 Å². The van der Waals surface area contributed by atoms with E-state index in [9.17, 15) is 4.79 Å². The zero-order chi connectivity index (χ0) is 23.7. The Balaban J connectivity index is 1.20. The van der Waals surface area contributed by atoms with Crippen LogP contribution >= 0.6 is 0 Å². The standard InChI is InChI=1S/C24H27N5O5/c1-31-19-9-15(10-20(32-2)21(19)33-3)17-11-18(27-26-17)24(30)29-12-16(13-29)23-25-22(28-34-23)14-7-5-4-6-8-14/h4-10,16-18,26-27H,11-13H2,1-3H3. The first kappa shape index (κ1) is 22.2. The Kier molecular flexibility index (Phi) is 6.08. The van der Waals surface area contributed by atoms with Crippen molar-refractivity contribution in [3.8, 4) is 28.6 Å². The van der Waals surface area contributed by atoms with Gasteiger partial charge in [0, 0.05) is 24.7 Å². The molecule has 178 valence electrons. The molecule has 0 aliphatic carbocycles. The molecule has 2 atom stereocenters. The van der Waals surface area contributed by atoms with Crippen LogP contribution in [0.25, 0.3) is 11.4 Å². The largest absolute Gasteiger partial charge is 0.493 e. The fraction of sp³-hybridized carbons (Fsp3) is 0.375. The summed E-state index contributed by atoms with van der Waals surface area (Å²) >= 11 is 0. The summed E-state index contributed by atoms with van der Waals surface area (Å²) in [5, 5.41) is 4.08. The number of benzene rings is 2. The van der Waals surface area contributed by atoms with Gasteiger partial charge < -0.3 is 23.6 Å². The number of hydrogen-bond donors (Lipinski definition) is 2. The van der Waals surface area contributed by atoms with Crippen LogP contribution in [0.3, 0.4) is 0 Å². The molecule has 0 saturated carbocycles. The third kappa shape index (κ3) is 4.06. The number of ether oxygens (including phenoxy) is 3.